The Bertz CT molecular complexity index is 351. The van der Waals surface area contributed by atoms with E-state index in [1.807, 2.05) is 18.2 Å². The molecular formula is C14H23N3O. The van der Waals surface area contributed by atoms with Crippen LogP contribution in [0.25, 0.3) is 0 Å². The van der Waals surface area contributed by atoms with Gasteiger partial charge in [0.1, 0.15) is 0 Å². The Kier molecular flexibility index (Phi) is 6.22. The van der Waals surface area contributed by atoms with Crippen LogP contribution in [-0.4, -0.2) is 31.6 Å². The number of amides is 1. The van der Waals surface area contributed by atoms with E-state index in [-0.39, 0.29) is 5.91 Å². The zero-order valence-electron chi connectivity index (χ0n) is 11.2. The van der Waals surface area contributed by atoms with Gasteiger partial charge in [-0.1, -0.05) is 18.2 Å². The Morgan fingerprint density at radius 1 is 1.39 bits per heavy atom. The molecule has 18 heavy (non-hydrogen) atoms. The molecule has 0 fully saturated rings. The van der Waals surface area contributed by atoms with Crippen LogP contribution in [0, 0.1) is 0 Å². The maximum Gasteiger partial charge on any atom is 0.236 e. The number of para-hydroxylation sites is 1. The molecule has 4 heteroatoms. The Balaban J connectivity index is 2.31. The summed E-state index contributed by atoms with van der Waals surface area (Å²) in [5.74, 6) is -0.0854. The molecule has 1 unspecified atom stereocenters. The second-order valence-electron chi connectivity index (χ2n) is 4.35. The van der Waals surface area contributed by atoms with Crippen molar-refractivity contribution in [1.29, 1.82) is 0 Å². The van der Waals surface area contributed by atoms with Crippen LogP contribution in [0.5, 0.6) is 0 Å². The van der Waals surface area contributed by atoms with Gasteiger partial charge in [-0.15, -0.1) is 0 Å². The van der Waals surface area contributed by atoms with Gasteiger partial charge in [0.15, 0.2) is 0 Å². The van der Waals surface area contributed by atoms with Gasteiger partial charge in [-0.25, -0.2) is 0 Å². The van der Waals surface area contributed by atoms with Crippen molar-refractivity contribution in [2.45, 2.75) is 26.3 Å². The Hall–Kier alpha value is -1.55. The van der Waals surface area contributed by atoms with Crippen LogP contribution in [0.1, 0.15) is 20.3 Å². The highest BCUT2D eigenvalue weighted by molar-refractivity contribution is 5.80. The molecule has 0 aliphatic rings. The molecule has 0 aliphatic heterocycles. The van der Waals surface area contributed by atoms with Crippen molar-refractivity contribution in [3.63, 3.8) is 0 Å². The molecule has 1 amide bonds. The fourth-order valence-corrected chi connectivity index (χ4v) is 1.75. The van der Waals surface area contributed by atoms with E-state index in [0.717, 1.165) is 19.5 Å². The predicted molar refractivity (Wildman–Crippen MR) is 75.6 cm³/mol. The van der Waals surface area contributed by atoms with Gasteiger partial charge < -0.3 is 16.0 Å². The van der Waals surface area contributed by atoms with Gasteiger partial charge in [0, 0.05) is 25.3 Å². The Morgan fingerprint density at radius 3 is 2.61 bits per heavy atom. The third kappa shape index (κ3) is 4.75. The van der Waals surface area contributed by atoms with Gasteiger partial charge in [-0.2, -0.15) is 0 Å². The second kappa shape index (κ2) is 7.71. The summed E-state index contributed by atoms with van der Waals surface area (Å²) in [5.41, 5.74) is 6.69. The molecule has 0 saturated heterocycles. The topological polar surface area (TPSA) is 58.4 Å². The number of nitrogens with zero attached hydrogens (tertiary/aromatic N) is 1. The van der Waals surface area contributed by atoms with E-state index in [4.69, 9.17) is 5.73 Å². The lowest BCUT2D eigenvalue weighted by molar-refractivity contribution is -0.121. The van der Waals surface area contributed by atoms with Gasteiger partial charge in [0.05, 0.1) is 6.04 Å². The first kappa shape index (κ1) is 14.5. The molecule has 0 spiro atoms. The number of hydrogen-bond acceptors (Lipinski definition) is 3. The summed E-state index contributed by atoms with van der Waals surface area (Å²) < 4.78 is 0. The van der Waals surface area contributed by atoms with E-state index in [2.05, 4.69) is 29.3 Å². The molecule has 100 valence electrons. The lowest BCUT2D eigenvalue weighted by atomic mass is 10.2. The van der Waals surface area contributed by atoms with Crippen molar-refractivity contribution in [3.8, 4) is 0 Å². The molecule has 0 bridgehead atoms. The van der Waals surface area contributed by atoms with E-state index in [1.165, 1.54) is 5.69 Å². The summed E-state index contributed by atoms with van der Waals surface area (Å²) in [7, 11) is 0. The first-order valence-electron chi connectivity index (χ1n) is 6.48. The lowest BCUT2D eigenvalue weighted by Gasteiger charge is -2.23. The Labute approximate surface area is 109 Å². The first-order chi connectivity index (χ1) is 8.65. The van der Waals surface area contributed by atoms with Crippen molar-refractivity contribution < 1.29 is 4.79 Å². The average molecular weight is 249 g/mol. The molecule has 0 aliphatic carbocycles. The van der Waals surface area contributed by atoms with Crippen LogP contribution in [0.15, 0.2) is 30.3 Å². The lowest BCUT2D eigenvalue weighted by Crippen LogP contribution is -2.39. The minimum atomic E-state index is -0.429. The van der Waals surface area contributed by atoms with Gasteiger partial charge >= 0.3 is 0 Å². The first-order valence-corrected chi connectivity index (χ1v) is 6.48. The number of nitrogens with one attached hydrogen (secondary N) is 1. The zero-order chi connectivity index (χ0) is 13.4. The van der Waals surface area contributed by atoms with Crippen LogP contribution in [-0.2, 0) is 4.79 Å². The second-order valence-corrected chi connectivity index (χ2v) is 4.35. The van der Waals surface area contributed by atoms with E-state index >= 15 is 0 Å². The minimum absolute atomic E-state index is 0.0854. The number of benzene rings is 1. The average Bonchev–Trinajstić information content (AvgIpc) is 2.39. The predicted octanol–water partition coefficient (Wildman–Crippen LogP) is 1.37. The molecule has 0 radical (unpaired) electrons. The third-order valence-electron chi connectivity index (χ3n) is 2.82. The monoisotopic (exact) mass is 249 g/mol. The van der Waals surface area contributed by atoms with E-state index in [9.17, 15) is 4.79 Å². The van der Waals surface area contributed by atoms with Gasteiger partial charge in [-0.3, -0.25) is 4.79 Å². The maximum absolute atomic E-state index is 11.3. The summed E-state index contributed by atoms with van der Waals surface area (Å²) in [4.78, 5) is 13.6. The molecule has 1 aromatic carbocycles. The summed E-state index contributed by atoms with van der Waals surface area (Å²) in [6.07, 6.45) is 0.918. The van der Waals surface area contributed by atoms with Crippen molar-refractivity contribution >= 4 is 11.6 Å². The highest BCUT2D eigenvalue weighted by atomic mass is 16.2. The largest absolute Gasteiger partial charge is 0.372 e. The van der Waals surface area contributed by atoms with Crippen LogP contribution in [0.2, 0.25) is 0 Å². The minimum Gasteiger partial charge on any atom is -0.372 e. The Morgan fingerprint density at radius 2 is 2.06 bits per heavy atom. The number of rotatable bonds is 7. The number of anilines is 1. The molecule has 4 nitrogen and oxygen atoms in total. The normalized spacial score (nSPS) is 11.9. The zero-order valence-corrected chi connectivity index (χ0v) is 11.2. The summed E-state index contributed by atoms with van der Waals surface area (Å²) >= 11 is 0. The number of nitrogens with two attached hydrogens (primary N) is 1. The molecule has 0 saturated carbocycles. The number of hydrogen-bond donors (Lipinski definition) is 2. The molecule has 1 aromatic rings. The van der Waals surface area contributed by atoms with Crippen molar-refractivity contribution in [1.82, 2.24) is 5.32 Å². The van der Waals surface area contributed by atoms with Crippen LogP contribution in [0.3, 0.4) is 0 Å². The third-order valence-corrected chi connectivity index (χ3v) is 2.82. The summed E-state index contributed by atoms with van der Waals surface area (Å²) in [5, 5.41) is 2.82. The highest BCUT2D eigenvalue weighted by Crippen LogP contribution is 2.12. The maximum atomic E-state index is 11.3. The van der Waals surface area contributed by atoms with Gasteiger partial charge in [0.2, 0.25) is 5.91 Å². The molecule has 0 aromatic heterocycles. The molecular weight excluding hydrogens is 226 g/mol. The van der Waals surface area contributed by atoms with E-state index in [1.54, 1.807) is 6.92 Å². The SMILES string of the molecule is CCN(CCCNC(=O)C(C)N)c1ccccc1. The number of carbonyl (C=O) groups excluding carboxylic acids is 1. The number of carbonyl (C=O) groups is 1. The van der Waals surface area contributed by atoms with E-state index < -0.39 is 6.04 Å². The van der Waals surface area contributed by atoms with Crippen molar-refractivity contribution in [2.24, 2.45) is 5.73 Å². The van der Waals surface area contributed by atoms with Crippen LogP contribution < -0.4 is 16.0 Å². The van der Waals surface area contributed by atoms with Crippen LogP contribution in [0.4, 0.5) is 5.69 Å². The van der Waals surface area contributed by atoms with Crippen molar-refractivity contribution in [3.05, 3.63) is 30.3 Å². The summed E-state index contributed by atoms with van der Waals surface area (Å²) in [6, 6.07) is 9.86. The molecule has 1 atom stereocenters. The van der Waals surface area contributed by atoms with E-state index in [0.29, 0.717) is 6.54 Å². The fraction of sp³-hybridized carbons (Fsp3) is 0.500. The van der Waals surface area contributed by atoms with Gasteiger partial charge in [0.25, 0.3) is 0 Å². The summed E-state index contributed by atoms with van der Waals surface area (Å²) in [6.45, 7) is 6.39. The smallest absolute Gasteiger partial charge is 0.236 e. The van der Waals surface area contributed by atoms with Crippen LogP contribution >= 0.6 is 0 Å². The molecule has 1 rings (SSSR count). The molecule has 3 N–H and O–H groups in total. The van der Waals surface area contributed by atoms with Crippen molar-refractivity contribution in [2.75, 3.05) is 24.5 Å². The highest BCUT2D eigenvalue weighted by Gasteiger charge is 2.06. The van der Waals surface area contributed by atoms with Gasteiger partial charge in [-0.05, 0) is 32.4 Å². The standard InChI is InChI=1S/C14H23N3O/c1-3-17(13-8-5-4-6-9-13)11-7-10-16-14(18)12(2)15/h4-6,8-9,12H,3,7,10-11,15H2,1-2H3,(H,16,18). The molecule has 0 heterocycles. The fourth-order valence-electron chi connectivity index (χ4n) is 1.75. The quantitative estimate of drug-likeness (QED) is 0.718.